The lowest BCUT2D eigenvalue weighted by Crippen LogP contribution is -2.02. The summed E-state index contributed by atoms with van der Waals surface area (Å²) in [5, 5.41) is 3.57. The van der Waals surface area contributed by atoms with Gasteiger partial charge in [0.1, 0.15) is 22.6 Å². The van der Waals surface area contributed by atoms with Crippen LogP contribution >= 0.6 is 11.6 Å². The third-order valence-corrected chi connectivity index (χ3v) is 3.01. The number of aryl methyl sites for hydroxylation is 2. The number of benzene rings is 1. The summed E-state index contributed by atoms with van der Waals surface area (Å²) in [6, 6.07) is 4.54. The number of halogens is 2. The summed E-state index contributed by atoms with van der Waals surface area (Å²) in [6.07, 6.45) is 0. The van der Waals surface area contributed by atoms with E-state index < -0.39 is 0 Å². The van der Waals surface area contributed by atoms with Crippen molar-refractivity contribution in [2.24, 2.45) is 0 Å². The molecule has 0 atom stereocenters. The molecule has 0 fully saturated rings. The molecule has 0 saturated carbocycles. The second-order valence-corrected chi connectivity index (χ2v) is 4.48. The maximum Gasteiger partial charge on any atom is 0.138 e. The van der Waals surface area contributed by atoms with Crippen LogP contribution in [0.2, 0.25) is 5.15 Å². The van der Waals surface area contributed by atoms with Crippen LogP contribution in [-0.2, 0) is 0 Å². The summed E-state index contributed by atoms with van der Waals surface area (Å²) in [4.78, 5) is 8.36. The van der Waals surface area contributed by atoms with Crippen molar-refractivity contribution in [2.75, 3.05) is 5.32 Å². The minimum atomic E-state index is -0.258. The molecule has 0 saturated heterocycles. The van der Waals surface area contributed by atoms with E-state index in [1.807, 2.05) is 13.8 Å². The van der Waals surface area contributed by atoms with Gasteiger partial charge in [-0.05, 0) is 44.5 Å². The van der Waals surface area contributed by atoms with Crippen molar-refractivity contribution in [3.8, 4) is 0 Å². The number of nitrogens with zero attached hydrogens (tertiary/aromatic N) is 2. The van der Waals surface area contributed by atoms with Crippen LogP contribution in [0.25, 0.3) is 0 Å². The maximum absolute atomic E-state index is 13.0. The average Bonchev–Trinajstić information content (AvgIpc) is 2.29. The van der Waals surface area contributed by atoms with E-state index in [-0.39, 0.29) is 5.82 Å². The van der Waals surface area contributed by atoms with Gasteiger partial charge < -0.3 is 5.32 Å². The fourth-order valence-electron chi connectivity index (χ4n) is 1.61. The Hall–Kier alpha value is -1.68. The van der Waals surface area contributed by atoms with Crippen molar-refractivity contribution in [1.82, 2.24) is 9.97 Å². The van der Waals surface area contributed by atoms with Gasteiger partial charge in [-0.25, -0.2) is 14.4 Å². The molecule has 94 valence electrons. The standard InChI is InChI=1S/C13H13ClFN3/c1-7-6-10(15)4-5-11(7)18-13-8(2)12(14)16-9(3)17-13/h4-6H,1-3H3,(H,16,17,18). The molecule has 1 N–H and O–H groups in total. The molecule has 5 heteroatoms. The third-order valence-electron chi connectivity index (χ3n) is 2.64. The molecule has 0 aliphatic heterocycles. The van der Waals surface area contributed by atoms with Gasteiger partial charge in [0.2, 0.25) is 0 Å². The van der Waals surface area contributed by atoms with Gasteiger partial charge in [-0.1, -0.05) is 11.6 Å². The van der Waals surface area contributed by atoms with Crippen LogP contribution in [0.1, 0.15) is 17.0 Å². The Balaban J connectivity index is 2.40. The van der Waals surface area contributed by atoms with E-state index in [4.69, 9.17) is 11.6 Å². The molecular weight excluding hydrogens is 253 g/mol. The van der Waals surface area contributed by atoms with Crippen molar-refractivity contribution in [3.63, 3.8) is 0 Å². The van der Waals surface area contributed by atoms with Gasteiger partial charge in [-0.3, -0.25) is 0 Å². The monoisotopic (exact) mass is 265 g/mol. The van der Waals surface area contributed by atoms with Crippen LogP contribution in [0.4, 0.5) is 15.9 Å². The Morgan fingerprint density at radius 1 is 1.17 bits per heavy atom. The number of nitrogens with one attached hydrogen (secondary N) is 1. The van der Waals surface area contributed by atoms with Gasteiger partial charge in [0.05, 0.1) is 0 Å². The molecule has 0 spiro atoms. The van der Waals surface area contributed by atoms with E-state index in [0.29, 0.717) is 16.8 Å². The fraction of sp³-hybridized carbons (Fsp3) is 0.231. The normalized spacial score (nSPS) is 10.5. The predicted molar refractivity (Wildman–Crippen MR) is 70.9 cm³/mol. The van der Waals surface area contributed by atoms with E-state index in [9.17, 15) is 4.39 Å². The van der Waals surface area contributed by atoms with Gasteiger partial charge in [0.25, 0.3) is 0 Å². The van der Waals surface area contributed by atoms with Gasteiger partial charge in [-0.2, -0.15) is 0 Å². The molecular formula is C13H13ClFN3. The second-order valence-electron chi connectivity index (χ2n) is 4.12. The first-order chi connectivity index (χ1) is 8.47. The molecule has 0 amide bonds. The van der Waals surface area contributed by atoms with E-state index in [1.165, 1.54) is 12.1 Å². The molecule has 0 radical (unpaired) electrons. The maximum atomic E-state index is 13.0. The SMILES string of the molecule is Cc1nc(Cl)c(C)c(Nc2ccc(F)cc2C)n1. The summed E-state index contributed by atoms with van der Waals surface area (Å²) in [7, 11) is 0. The lowest BCUT2D eigenvalue weighted by atomic mass is 10.2. The molecule has 0 aliphatic carbocycles. The number of hydrogen-bond acceptors (Lipinski definition) is 3. The second kappa shape index (κ2) is 4.90. The lowest BCUT2D eigenvalue weighted by Gasteiger charge is -2.12. The first kappa shape index (κ1) is 12.8. The van der Waals surface area contributed by atoms with Crippen molar-refractivity contribution in [2.45, 2.75) is 20.8 Å². The minimum Gasteiger partial charge on any atom is -0.340 e. The molecule has 18 heavy (non-hydrogen) atoms. The predicted octanol–water partition coefficient (Wildman–Crippen LogP) is 3.94. The average molecular weight is 266 g/mol. The van der Waals surface area contributed by atoms with Crippen molar-refractivity contribution in [1.29, 1.82) is 0 Å². The molecule has 1 heterocycles. The van der Waals surface area contributed by atoms with Crippen molar-refractivity contribution in [3.05, 3.63) is 46.1 Å². The van der Waals surface area contributed by atoms with Crippen LogP contribution < -0.4 is 5.32 Å². The molecule has 0 unspecified atom stereocenters. The fourth-order valence-corrected chi connectivity index (χ4v) is 1.82. The molecule has 2 aromatic rings. The van der Waals surface area contributed by atoms with Gasteiger partial charge in [0.15, 0.2) is 0 Å². The largest absolute Gasteiger partial charge is 0.340 e. The zero-order valence-corrected chi connectivity index (χ0v) is 11.1. The lowest BCUT2D eigenvalue weighted by molar-refractivity contribution is 0.627. The number of anilines is 2. The van der Waals surface area contributed by atoms with Crippen molar-refractivity contribution < 1.29 is 4.39 Å². The van der Waals surface area contributed by atoms with Crippen molar-refractivity contribution >= 4 is 23.1 Å². The van der Waals surface area contributed by atoms with Crippen LogP contribution in [0.15, 0.2) is 18.2 Å². The van der Waals surface area contributed by atoms with E-state index >= 15 is 0 Å². The molecule has 2 rings (SSSR count). The highest BCUT2D eigenvalue weighted by atomic mass is 35.5. The van der Waals surface area contributed by atoms with Crippen LogP contribution in [0.5, 0.6) is 0 Å². The van der Waals surface area contributed by atoms with E-state index in [2.05, 4.69) is 15.3 Å². The van der Waals surface area contributed by atoms with Crippen LogP contribution in [0, 0.1) is 26.6 Å². The van der Waals surface area contributed by atoms with Gasteiger partial charge >= 0.3 is 0 Å². The van der Waals surface area contributed by atoms with Crippen LogP contribution in [-0.4, -0.2) is 9.97 Å². The zero-order chi connectivity index (χ0) is 13.3. The molecule has 1 aromatic carbocycles. The van der Waals surface area contributed by atoms with Gasteiger partial charge in [-0.15, -0.1) is 0 Å². The smallest absolute Gasteiger partial charge is 0.138 e. The molecule has 0 aliphatic rings. The Bertz CT molecular complexity index is 599. The summed E-state index contributed by atoms with van der Waals surface area (Å²) in [6.45, 7) is 5.44. The molecule has 0 bridgehead atoms. The third kappa shape index (κ3) is 2.59. The summed E-state index contributed by atoms with van der Waals surface area (Å²) in [5.41, 5.74) is 2.38. The highest BCUT2D eigenvalue weighted by Gasteiger charge is 2.09. The van der Waals surface area contributed by atoms with E-state index in [1.54, 1.807) is 13.0 Å². The summed E-state index contributed by atoms with van der Waals surface area (Å²) < 4.78 is 13.0. The van der Waals surface area contributed by atoms with E-state index in [0.717, 1.165) is 16.8 Å². The summed E-state index contributed by atoms with van der Waals surface area (Å²) >= 11 is 6.00. The first-order valence-corrected chi connectivity index (χ1v) is 5.89. The highest BCUT2D eigenvalue weighted by Crippen LogP contribution is 2.25. The number of rotatable bonds is 2. The Morgan fingerprint density at radius 2 is 1.89 bits per heavy atom. The quantitative estimate of drug-likeness (QED) is 0.836. The van der Waals surface area contributed by atoms with Gasteiger partial charge in [0, 0.05) is 11.3 Å². The first-order valence-electron chi connectivity index (χ1n) is 5.51. The highest BCUT2D eigenvalue weighted by molar-refractivity contribution is 6.30. The summed E-state index contributed by atoms with van der Waals surface area (Å²) in [5.74, 6) is 0.974. The minimum absolute atomic E-state index is 0.258. The topological polar surface area (TPSA) is 37.8 Å². The number of aromatic nitrogens is 2. The molecule has 3 nitrogen and oxygen atoms in total. The Kier molecular flexibility index (Phi) is 3.48. The molecule has 1 aromatic heterocycles. The van der Waals surface area contributed by atoms with Crippen LogP contribution in [0.3, 0.4) is 0 Å². The Morgan fingerprint density at radius 3 is 2.56 bits per heavy atom. The Labute approximate surface area is 110 Å². The number of hydrogen-bond donors (Lipinski definition) is 1. The zero-order valence-electron chi connectivity index (χ0n) is 10.4.